The standard InChI is InChI=1S/C41H27N5/c1-4-14-28(15-5-1)36-35-22-12-13-27-45(35)37-33-20-10-11-21-34(33)46(38(36)37)32-25-23-31(24-26-32)41-43-39(29-16-6-2-7-17-29)42-40(44-41)30-18-8-3-9-19-30/h1-27H. The van der Waals surface area contributed by atoms with Gasteiger partial charge in [0.1, 0.15) is 0 Å². The number of hydrogen-bond donors (Lipinski definition) is 0. The van der Waals surface area contributed by atoms with Crippen molar-refractivity contribution in [3.63, 3.8) is 0 Å². The van der Waals surface area contributed by atoms with Crippen molar-refractivity contribution in [1.29, 1.82) is 0 Å². The smallest absolute Gasteiger partial charge is 0.164 e. The Morgan fingerprint density at radius 3 is 1.46 bits per heavy atom. The van der Waals surface area contributed by atoms with Gasteiger partial charge in [0.2, 0.25) is 0 Å². The summed E-state index contributed by atoms with van der Waals surface area (Å²) in [5.74, 6) is 1.95. The van der Waals surface area contributed by atoms with E-state index in [4.69, 9.17) is 15.0 Å². The number of pyridine rings is 1. The van der Waals surface area contributed by atoms with Crippen LogP contribution >= 0.6 is 0 Å². The lowest BCUT2D eigenvalue weighted by atomic mass is 10.1. The quantitative estimate of drug-likeness (QED) is 0.201. The van der Waals surface area contributed by atoms with E-state index < -0.39 is 0 Å². The van der Waals surface area contributed by atoms with E-state index in [1.54, 1.807) is 0 Å². The number of hydrogen-bond acceptors (Lipinski definition) is 3. The Morgan fingerprint density at radius 1 is 0.370 bits per heavy atom. The van der Waals surface area contributed by atoms with Crippen LogP contribution in [0.15, 0.2) is 164 Å². The van der Waals surface area contributed by atoms with E-state index in [2.05, 4.69) is 112 Å². The monoisotopic (exact) mass is 589 g/mol. The maximum Gasteiger partial charge on any atom is 0.164 e. The van der Waals surface area contributed by atoms with Crippen LogP contribution in [0, 0.1) is 0 Å². The molecule has 0 spiro atoms. The van der Waals surface area contributed by atoms with E-state index in [-0.39, 0.29) is 0 Å². The molecule has 0 amide bonds. The Kier molecular flexibility index (Phi) is 6.06. The van der Waals surface area contributed by atoms with Gasteiger partial charge in [0.25, 0.3) is 0 Å². The minimum atomic E-state index is 0.640. The van der Waals surface area contributed by atoms with Crippen molar-refractivity contribution in [2.75, 3.05) is 0 Å². The van der Waals surface area contributed by atoms with Crippen LogP contribution in [0.1, 0.15) is 0 Å². The van der Waals surface area contributed by atoms with Crippen LogP contribution in [0.4, 0.5) is 0 Å². The number of fused-ring (bicyclic) bond motifs is 5. The minimum absolute atomic E-state index is 0.640. The summed E-state index contributed by atoms with van der Waals surface area (Å²) < 4.78 is 4.72. The molecule has 4 heterocycles. The molecule has 5 heteroatoms. The van der Waals surface area contributed by atoms with Crippen LogP contribution < -0.4 is 0 Å². The first-order chi connectivity index (χ1) is 22.8. The fourth-order valence-electron chi connectivity index (χ4n) is 6.51. The van der Waals surface area contributed by atoms with E-state index in [0.717, 1.165) is 27.9 Å². The maximum atomic E-state index is 4.94. The predicted molar refractivity (Wildman–Crippen MR) is 187 cm³/mol. The zero-order chi connectivity index (χ0) is 30.5. The average molecular weight is 590 g/mol. The first-order valence-electron chi connectivity index (χ1n) is 15.4. The first kappa shape index (κ1) is 26.1. The average Bonchev–Trinajstić information content (AvgIpc) is 3.65. The molecule has 0 aliphatic carbocycles. The molecule has 0 bridgehead atoms. The van der Waals surface area contributed by atoms with E-state index in [1.165, 1.54) is 33.1 Å². The van der Waals surface area contributed by atoms with Gasteiger partial charge in [-0.2, -0.15) is 0 Å². The molecule has 0 saturated heterocycles. The van der Waals surface area contributed by atoms with Gasteiger partial charge in [-0.15, -0.1) is 0 Å². The molecule has 0 N–H and O–H groups in total. The fraction of sp³-hybridized carbons (Fsp3) is 0. The minimum Gasteiger partial charge on any atom is -0.314 e. The van der Waals surface area contributed by atoms with Gasteiger partial charge in [-0.25, -0.2) is 15.0 Å². The SMILES string of the molecule is c1ccc(-c2nc(-c3ccccc3)nc(-c3ccc(-n4c5ccccc5c5c4c(-c4ccccc4)c4ccccn45)cc3)n2)cc1. The molecule has 0 radical (unpaired) electrons. The van der Waals surface area contributed by atoms with Gasteiger partial charge in [0, 0.05) is 39.5 Å². The lowest BCUT2D eigenvalue weighted by molar-refractivity contribution is 1.07. The zero-order valence-corrected chi connectivity index (χ0v) is 24.8. The summed E-state index contributed by atoms with van der Waals surface area (Å²) in [6.45, 7) is 0. The number of rotatable bonds is 5. The van der Waals surface area contributed by atoms with Crippen molar-refractivity contribution >= 4 is 27.5 Å². The summed E-state index contributed by atoms with van der Waals surface area (Å²) in [5.41, 5.74) is 11.0. The second-order valence-corrected chi connectivity index (χ2v) is 11.3. The molecule has 9 aromatic rings. The highest BCUT2D eigenvalue weighted by atomic mass is 15.0. The predicted octanol–water partition coefficient (Wildman–Crippen LogP) is 9.89. The molecule has 0 fully saturated rings. The third kappa shape index (κ3) is 4.21. The van der Waals surface area contributed by atoms with Gasteiger partial charge < -0.3 is 8.97 Å². The van der Waals surface area contributed by atoms with Crippen molar-refractivity contribution in [2.45, 2.75) is 0 Å². The lowest BCUT2D eigenvalue weighted by Crippen LogP contribution is -2.00. The van der Waals surface area contributed by atoms with E-state index in [1.807, 2.05) is 60.7 Å². The molecular formula is C41H27N5. The topological polar surface area (TPSA) is 48.0 Å². The molecule has 0 atom stereocenters. The summed E-state index contributed by atoms with van der Waals surface area (Å²) in [6.07, 6.45) is 2.17. The Labute approximate surface area is 265 Å². The van der Waals surface area contributed by atoms with Crippen molar-refractivity contribution in [2.24, 2.45) is 0 Å². The van der Waals surface area contributed by atoms with Crippen LogP contribution in [-0.2, 0) is 0 Å². The molecule has 0 aliphatic rings. The third-order valence-electron chi connectivity index (χ3n) is 8.59. The molecule has 0 saturated carbocycles. The van der Waals surface area contributed by atoms with E-state index >= 15 is 0 Å². The highest BCUT2D eigenvalue weighted by Crippen LogP contribution is 2.42. The lowest BCUT2D eigenvalue weighted by Gasteiger charge is -2.12. The van der Waals surface area contributed by atoms with Crippen LogP contribution in [0.5, 0.6) is 0 Å². The van der Waals surface area contributed by atoms with E-state index in [0.29, 0.717) is 17.5 Å². The summed E-state index contributed by atoms with van der Waals surface area (Å²) in [4.78, 5) is 14.7. The van der Waals surface area contributed by atoms with Crippen LogP contribution in [0.25, 0.3) is 78.4 Å². The van der Waals surface area contributed by atoms with Crippen molar-refractivity contribution < 1.29 is 0 Å². The molecular weight excluding hydrogens is 562 g/mol. The Morgan fingerprint density at radius 2 is 0.848 bits per heavy atom. The second-order valence-electron chi connectivity index (χ2n) is 11.3. The zero-order valence-electron chi connectivity index (χ0n) is 24.8. The highest BCUT2D eigenvalue weighted by Gasteiger charge is 2.22. The van der Waals surface area contributed by atoms with Gasteiger partial charge in [-0.1, -0.05) is 115 Å². The summed E-state index contributed by atoms with van der Waals surface area (Å²) in [5, 5.41) is 1.21. The number of nitrogens with zero attached hydrogens (tertiary/aromatic N) is 5. The number of para-hydroxylation sites is 1. The van der Waals surface area contributed by atoms with Gasteiger partial charge in [-0.05, 0) is 48.0 Å². The number of aromatic nitrogens is 5. The molecule has 46 heavy (non-hydrogen) atoms. The van der Waals surface area contributed by atoms with Gasteiger partial charge in [-0.3, -0.25) is 0 Å². The summed E-state index contributed by atoms with van der Waals surface area (Å²) in [7, 11) is 0. The molecule has 0 unspecified atom stereocenters. The van der Waals surface area contributed by atoms with Crippen LogP contribution in [-0.4, -0.2) is 23.9 Å². The number of benzene rings is 5. The normalized spacial score (nSPS) is 11.5. The van der Waals surface area contributed by atoms with Gasteiger partial charge >= 0.3 is 0 Å². The van der Waals surface area contributed by atoms with E-state index in [9.17, 15) is 0 Å². The fourth-order valence-corrected chi connectivity index (χ4v) is 6.51. The maximum absolute atomic E-state index is 4.94. The van der Waals surface area contributed by atoms with Crippen molar-refractivity contribution in [3.8, 4) is 51.0 Å². The molecule has 4 aromatic heterocycles. The van der Waals surface area contributed by atoms with Gasteiger partial charge in [0.05, 0.1) is 22.1 Å². The Hall–Kier alpha value is -6.33. The summed E-state index contributed by atoms with van der Waals surface area (Å²) in [6, 6.07) is 54.5. The van der Waals surface area contributed by atoms with Crippen LogP contribution in [0.2, 0.25) is 0 Å². The summed E-state index contributed by atoms with van der Waals surface area (Å²) >= 11 is 0. The second kappa shape index (κ2) is 10.7. The molecule has 216 valence electrons. The van der Waals surface area contributed by atoms with Crippen LogP contribution in [0.3, 0.4) is 0 Å². The largest absolute Gasteiger partial charge is 0.314 e. The first-order valence-corrected chi connectivity index (χ1v) is 15.4. The highest BCUT2D eigenvalue weighted by molar-refractivity contribution is 6.17. The Bertz CT molecular complexity index is 2440. The third-order valence-corrected chi connectivity index (χ3v) is 8.59. The van der Waals surface area contributed by atoms with Crippen molar-refractivity contribution in [1.82, 2.24) is 23.9 Å². The molecule has 9 rings (SSSR count). The Balaban J connectivity index is 1.25. The molecule has 0 aliphatic heterocycles. The molecule has 5 aromatic carbocycles. The van der Waals surface area contributed by atoms with Gasteiger partial charge in [0.15, 0.2) is 17.5 Å². The van der Waals surface area contributed by atoms with Crippen molar-refractivity contribution in [3.05, 3.63) is 164 Å². The molecule has 5 nitrogen and oxygen atoms in total.